The van der Waals surface area contributed by atoms with Crippen LogP contribution in [0.1, 0.15) is 12.8 Å². The fourth-order valence-electron chi connectivity index (χ4n) is 0.714. The maximum absolute atomic E-state index is 10.3. The maximum atomic E-state index is 10.3. The summed E-state index contributed by atoms with van der Waals surface area (Å²) in [5.74, 6) is -5.02. The molecule has 0 radical (unpaired) electrons. The molecule has 0 aromatic heterocycles. The second-order valence-electron chi connectivity index (χ2n) is 2.97. The zero-order chi connectivity index (χ0) is 15.1. The average molecular weight is 348 g/mol. The van der Waals surface area contributed by atoms with Gasteiger partial charge in [-0.15, -0.1) is 0 Å². The van der Waals surface area contributed by atoms with E-state index >= 15 is 0 Å². The van der Waals surface area contributed by atoms with Crippen molar-refractivity contribution < 1.29 is 94.6 Å². The van der Waals surface area contributed by atoms with Gasteiger partial charge in [-0.2, -0.15) is 0 Å². The fraction of sp³-hybridized carbons (Fsp3) is 0.500. The molecule has 0 unspecified atom stereocenters. The summed E-state index contributed by atoms with van der Waals surface area (Å²) in [5.41, 5.74) is -2.74. The van der Waals surface area contributed by atoms with Crippen molar-refractivity contribution in [3.8, 4) is 0 Å². The van der Waals surface area contributed by atoms with Gasteiger partial charge in [0.05, 0.1) is 12.8 Å². The number of phosphoric acid groups is 1. The molecular weight excluding hydrogens is 334 g/mol. The van der Waals surface area contributed by atoms with E-state index in [4.69, 9.17) is 39.7 Å². The van der Waals surface area contributed by atoms with Gasteiger partial charge in [-0.05, 0) is 0 Å². The summed E-state index contributed by atoms with van der Waals surface area (Å²) < 4.78 is 8.77. The summed E-state index contributed by atoms with van der Waals surface area (Å²) in [6.45, 7) is 0. The number of aliphatic hydroxyl groups is 1. The van der Waals surface area contributed by atoms with Crippen molar-refractivity contribution in [1.29, 1.82) is 0 Å². The van der Waals surface area contributed by atoms with Crippen LogP contribution in [-0.4, -0.2) is 64.7 Å². The van der Waals surface area contributed by atoms with Crippen LogP contribution in [-0.2, 0) is 18.9 Å². The number of carboxylic acids is 3. The van der Waals surface area contributed by atoms with Gasteiger partial charge in [-0.1, -0.05) is 0 Å². The summed E-state index contributed by atoms with van der Waals surface area (Å²) in [6.07, 6.45) is -2.29. The Morgan fingerprint density at radius 2 is 1.14 bits per heavy atom. The molecule has 0 aromatic rings. The molecule has 15 heteroatoms. The van der Waals surface area contributed by atoms with Crippen molar-refractivity contribution >= 4 is 25.7 Å². The third-order valence-electron chi connectivity index (χ3n) is 1.29. The van der Waals surface area contributed by atoms with E-state index < -0.39 is 44.2 Å². The van der Waals surface area contributed by atoms with Crippen LogP contribution in [0.5, 0.6) is 0 Å². The molecule has 0 saturated carbocycles. The quantitative estimate of drug-likeness (QED) is 0.200. The normalized spacial score (nSPS) is 9.52. The van der Waals surface area contributed by atoms with E-state index in [1.807, 2.05) is 0 Å². The minimum atomic E-state index is -4.89. The first-order chi connectivity index (χ1) is 7.78. The molecule has 10 N–H and O–H groups in total. The van der Waals surface area contributed by atoms with Crippen LogP contribution < -0.4 is 34.5 Å². The van der Waals surface area contributed by atoms with E-state index in [2.05, 4.69) is 0 Å². The first-order valence-corrected chi connectivity index (χ1v) is 5.47. The molecule has 0 aliphatic rings. The van der Waals surface area contributed by atoms with Crippen molar-refractivity contribution in [3.63, 3.8) is 0 Å². The Balaban J connectivity index is -0.0000000933. The molecule has 0 aliphatic carbocycles. The molecule has 0 aliphatic heterocycles. The fourth-order valence-corrected chi connectivity index (χ4v) is 0.714. The Labute approximate surface area is 139 Å². The number of carbonyl (C=O) groups is 3. The summed E-state index contributed by atoms with van der Waals surface area (Å²) in [6, 6.07) is 0. The van der Waals surface area contributed by atoms with Crippen LogP contribution in [0.2, 0.25) is 0 Å². The molecule has 0 bridgehead atoms. The van der Waals surface area contributed by atoms with Crippen molar-refractivity contribution in [2.75, 3.05) is 0 Å². The molecule has 0 saturated heterocycles. The molecule has 0 fully saturated rings. The predicted octanol–water partition coefficient (Wildman–Crippen LogP) is -7.45. The Kier molecular flexibility index (Phi) is 20.2. The van der Waals surface area contributed by atoms with Gasteiger partial charge in [0.1, 0.15) is 0 Å². The molecule has 0 atom stereocenters. The molecule has 0 spiro atoms. The van der Waals surface area contributed by atoms with E-state index in [-0.39, 0.29) is 40.5 Å². The SMILES string of the molecule is O.O.O=C(O)CC(O)(CC(=O)O)C(=O)O.O=P([O-])(O)O.[Na+]. The largest absolute Gasteiger partial charge is 1.00 e. The third kappa shape index (κ3) is 24.8. The molecule has 0 amide bonds. The molecule has 13 nitrogen and oxygen atoms in total. The summed E-state index contributed by atoms with van der Waals surface area (Å²) in [4.78, 5) is 53.4. The molecule has 21 heavy (non-hydrogen) atoms. The van der Waals surface area contributed by atoms with Crippen LogP contribution in [0.4, 0.5) is 0 Å². The zero-order valence-corrected chi connectivity index (χ0v) is 13.5. The van der Waals surface area contributed by atoms with Crippen molar-refractivity contribution in [2.24, 2.45) is 0 Å². The predicted molar refractivity (Wildman–Crippen MR) is 56.4 cm³/mol. The average Bonchev–Trinajstić information content (AvgIpc) is 1.95. The Morgan fingerprint density at radius 1 is 0.952 bits per heavy atom. The second kappa shape index (κ2) is 13.1. The minimum Gasteiger partial charge on any atom is -0.756 e. The topological polar surface area (TPSA) is 276 Å². The van der Waals surface area contributed by atoms with Crippen LogP contribution in [0, 0.1) is 0 Å². The van der Waals surface area contributed by atoms with E-state index in [1.165, 1.54) is 0 Å². The summed E-state index contributed by atoms with van der Waals surface area (Å²) >= 11 is 0. The van der Waals surface area contributed by atoms with E-state index in [9.17, 15) is 14.4 Å². The summed E-state index contributed by atoms with van der Waals surface area (Å²) in [7, 11) is -4.89. The van der Waals surface area contributed by atoms with Gasteiger partial charge in [0.25, 0.3) is 7.82 Å². The van der Waals surface area contributed by atoms with Gasteiger partial charge in [0, 0.05) is 0 Å². The molecule has 0 rings (SSSR count). The van der Waals surface area contributed by atoms with Gasteiger partial charge >= 0.3 is 47.5 Å². The molecule has 0 aromatic carbocycles. The monoisotopic (exact) mass is 348 g/mol. The third-order valence-corrected chi connectivity index (χ3v) is 1.29. The second-order valence-corrected chi connectivity index (χ2v) is 3.95. The Hall–Kier alpha value is -0.600. The Bertz CT molecular complexity index is 351. The number of hydrogen-bond acceptors (Lipinski definition) is 6. The van der Waals surface area contributed by atoms with Crippen molar-refractivity contribution in [1.82, 2.24) is 0 Å². The standard InChI is InChI=1S/C6H8O7.Na.H3O4P.2H2O/c7-3(8)1-6(13,5(11)12)2-4(9)10;;1-5(2,3)4;;/h13H,1-2H2,(H,7,8)(H,9,10)(H,11,12);;(H3,1,2,3,4);2*1H2/q;+1;;;/p-1. The number of aliphatic carboxylic acids is 3. The Morgan fingerprint density at radius 3 is 1.24 bits per heavy atom. The van der Waals surface area contributed by atoms with E-state index in [0.29, 0.717) is 0 Å². The van der Waals surface area contributed by atoms with Crippen molar-refractivity contribution in [2.45, 2.75) is 18.4 Å². The van der Waals surface area contributed by atoms with Gasteiger partial charge in [-0.25, -0.2) is 4.79 Å². The zero-order valence-electron chi connectivity index (χ0n) is 10.6. The maximum Gasteiger partial charge on any atom is 1.00 e. The van der Waals surface area contributed by atoms with Crippen molar-refractivity contribution in [3.05, 3.63) is 0 Å². The van der Waals surface area contributed by atoms with Crippen LogP contribution in [0.15, 0.2) is 0 Å². The molecule has 122 valence electrons. The number of rotatable bonds is 5. The number of carboxylic acid groups (broad SMARTS) is 3. The summed E-state index contributed by atoms with van der Waals surface area (Å²) in [5, 5.41) is 33.8. The van der Waals surface area contributed by atoms with Gasteiger partial charge in [-0.3, -0.25) is 14.2 Å². The van der Waals surface area contributed by atoms with Crippen LogP contribution in [0.3, 0.4) is 0 Å². The first kappa shape index (κ1) is 32.4. The molecular formula is C6H14NaO13P. The smallest absolute Gasteiger partial charge is 0.756 e. The van der Waals surface area contributed by atoms with Crippen LogP contribution >= 0.6 is 7.82 Å². The van der Waals surface area contributed by atoms with Gasteiger partial charge in [0.15, 0.2) is 5.60 Å². The van der Waals surface area contributed by atoms with E-state index in [1.54, 1.807) is 0 Å². The molecule has 0 heterocycles. The first-order valence-electron chi connectivity index (χ1n) is 3.94. The van der Waals surface area contributed by atoms with E-state index in [0.717, 1.165) is 0 Å². The number of hydrogen-bond donors (Lipinski definition) is 6. The van der Waals surface area contributed by atoms with Crippen LogP contribution in [0.25, 0.3) is 0 Å². The van der Waals surface area contributed by atoms with Gasteiger partial charge < -0.3 is 46.1 Å². The van der Waals surface area contributed by atoms with Gasteiger partial charge in [0.2, 0.25) is 0 Å². The minimum absolute atomic E-state index is 0.